The Kier molecular flexibility index (Phi) is 4.16. The number of benzene rings is 2. The minimum Gasteiger partial charge on any atom is -0.392 e. The lowest BCUT2D eigenvalue weighted by molar-refractivity contribution is 0.204. The molecule has 0 amide bonds. The third-order valence-corrected chi connectivity index (χ3v) is 5.34. The Morgan fingerprint density at radius 3 is 2.42 bits per heavy atom. The first-order valence-corrected chi connectivity index (χ1v) is 8.80. The summed E-state index contributed by atoms with van der Waals surface area (Å²) in [7, 11) is -3.89. The van der Waals surface area contributed by atoms with E-state index in [1.807, 2.05) is 0 Å². The van der Waals surface area contributed by atoms with Crippen molar-refractivity contribution in [1.82, 2.24) is 9.97 Å². The highest BCUT2D eigenvalue weighted by atomic mass is 32.2. The van der Waals surface area contributed by atoms with Crippen LogP contribution in [0, 0.1) is 0 Å². The number of imidazole rings is 1. The molecule has 0 aliphatic rings. The molecule has 0 bridgehead atoms. The molecule has 1 heterocycles. The van der Waals surface area contributed by atoms with Gasteiger partial charge in [0.1, 0.15) is 0 Å². The Hall–Kier alpha value is -2.58. The molecule has 0 fully saturated rings. The second kappa shape index (κ2) is 6.14. The second-order valence-electron chi connectivity index (χ2n) is 5.51. The average Bonchev–Trinajstić information content (AvgIpc) is 2.92. The van der Waals surface area contributed by atoms with Gasteiger partial charge in [-0.25, -0.2) is 13.2 Å². The summed E-state index contributed by atoms with van der Waals surface area (Å²) in [5, 5.41) is 9.71. The maximum absolute atomic E-state index is 13.0. The fourth-order valence-electron chi connectivity index (χ4n) is 2.48. The van der Waals surface area contributed by atoms with Crippen molar-refractivity contribution in [2.24, 2.45) is 0 Å². The van der Waals surface area contributed by atoms with Gasteiger partial charge in [0.25, 0.3) is 10.0 Å². The number of aliphatic hydroxyl groups is 1. The number of rotatable bonds is 5. The number of nitrogens with one attached hydrogen (secondary N) is 2. The van der Waals surface area contributed by atoms with E-state index in [-0.39, 0.29) is 11.4 Å². The van der Waals surface area contributed by atoms with Crippen LogP contribution < -0.4 is 9.99 Å². The number of fused-ring (bicyclic) bond motifs is 1. The number of hydrogen-bond donors (Lipinski definition) is 3. The maximum atomic E-state index is 13.0. The molecular formula is C16H17N3O4S. The average molecular weight is 347 g/mol. The molecule has 0 aliphatic carbocycles. The van der Waals surface area contributed by atoms with Crippen LogP contribution in [0.25, 0.3) is 11.0 Å². The monoisotopic (exact) mass is 347 g/mol. The van der Waals surface area contributed by atoms with Crippen molar-refractivity contribution in [2.75, 3.05) is 10.8 Å². The molecule has 3 N–H and O–H groups in total. The number of aromatic amines is 2. The second-order valence-corrected chi connectivity index (χ2v) is 7.37. The van der Waals surface area contributed by atoms with Gasteiger partial charge in [0, 0.05) is 0 Å². The minimum absolute atomic E-state index is 0.0368. The fourth-order valence-corrected chi connectivity index (χ4v) is 4.05. The molecule has 1 aromatic heterocycles. The number of nitrogens with zero attached hydrogens (tertiary/aromatic N) is 1. The van der Waals surface area contributed by atoms with Crippen molar-refractivity contribution >= 4 is 26.7 Å². The van der Waals surface area contributed by atoms with Gasteiger partial charge in [-0.15, -0.1) is 0 Å². The molecule has 0 aliphatic heterocycles. The Balaban J connectivity index is 2.11. The molecule has 0 radical (unpaired) electrons. The number of sulfonamides is 1. The number of aromatic nitrogens is 2. The van der Waals surface area contributed by atoms with E-state index < -0.39 is 21.8 Å². The molecule has 7 nitrogen and oxygen atoms in total. The summed E-state index contributed by atoms with van der Waals surface area (Å²) in [5.41, 5.74) is 0.997. The summed E-state index contributed by atoms with van der Waals surface area (Å²) in [5.74, 6) is 0. The Morgan fingerprint density at radius 1 is 1.08 bits per heavy atom. The summed E-state index contributed by atoms with van der Waals surface area (Å²) in [4.78, 5) is 16.5. The van der Waals surface area contributed by atoms with Crippen molar-refractivity contribution in [3.8, 4) is 0 Å². The van der Waals surface area contributed by atoms with Crippen LogP contribution in [0.2, 0.25) is 0 Å². The largest absolute Gasteiger partial charge is 0.392 e. The van der Waals surface area contributed by atoms with E-state index in [0.29, 0.717) is 16.7 Å². The van der Waals surface area contributed by atoms with Crippen LogP contribution in [0.4, 0.5) is 5.69 Å². The zero-order valence-electron chi connectivity index (χ0n) is 12.9. The molecule has 0 saturated heterocycles. The van der Waals surface area contributed by atoms with E-state index in [1.54, 1.807) is 30.3 Å². The smallest absolute Gasteiger partial charge is 0.323 e. The summed E-state index contributed by atoms with van der Waals surface area (Å²) in [6.45, 7) is 1.45. The van der Waals surface area contributed by atoms with Gasteiger partial charge in [0.15, 0.2) is 0 Å². The summed E-state index contributed by atoms with van der Waals surface area (Å²) < 4.78 is 27.2. The van der Waals surface area contributed by atoms with Crippen LogP contribution in [-0.4, -0.2) is 36.1 Å². The molecule has 126 valence electrons. The van der Waals surface area contributed by atoms with Gasteiger partial charge < -0.3 is 15.1 Å². The predicted octanol–water partition coefficient (Wildman–Crippen LogP) is 1.43. The maximum Gasteiger partial charge on any atom is 0.323 e. The fraction of sp³-hybridized carbons (Fsp3) is 0.188. The van der Waals surface area contributed by atoms with Gasteiger partial charge in [-0.1, -0.05) is 18.2 Å². The van der Waals surface area contributed by atoms with Crippen LogP contribution >= 0.6 is 0 Å². The zero-order valence-corrected chi connectivity index (χ0v) is 13.7. The Labute approximate surface area is 138 Å². The van der Waals surface area contributed by atoms with E-state index in [0.717, 1.165) is 4.31 Å². The lowest BCUT2D eigenvalue weighted by atomic mass is 10.3. The highest BCUT2D eigenvalue weighted by molar-refractivity contribution is 7.92. The Bertz CT molecular complexity index is 1010. The van der Waals surface area contributed by atoms with Crippen molar-refractivity contribution in [2.45, 2.75) is 17.9 Å². The van der Waals surface area contributed by atoms with Gasteiger partial charge in [0.05, 0.1) is 34.3 Å². The SMILES string of the molecule is CC(O)CN(c1ccccc1)S(=O)(=O)c1ccc2[nH]c(=O)[nH]c2c1. The van der Waals surface area contributed by atoms with E-state index in [2.05, 4.69) is 9.97 Å². The van der Waals surface area contributed by atoms with Crippen molar-refractivity contribution in [3.63, 3.8) is 0 Å². The van der Waals surface area contributed by atoms with Gasteiger partial charge in [-0.2, -0.15) is 0 Å². The lowest BCUT2D eigenvalue weighted by Crippen LogP contribution is -2.36. The zero-order chi connectivity index (χ0) is 17.3. The van der Waals surface area contributed by atoms with Crippen LogP contribution in [-0.2, 0) is 10.0 Å². The van der Waals surface area contributed by atoms with Crippen LogP contribution in [0.3, 0.4) is 0 Å². The third-order valence-electron chi connectivity index (χ3n) is 3.55. The van der Waals surface area contributed by atoms with Crippen molar-refractivity contribution in [1.29, 1.82) is 0 Å². The van der Waals surface area contributed by atoms with Crippen LogP contribution in [0.5, 0.6) is 0 Å². The third kappa shape index (κ3) is 3.06. The van der Waals surface area contributed by atoms with Crippen molar-refractivity contribution in [3.05, 3.63) is 59.0 Å². The number of anilines is 1. The van der Waals surface area contributed by atoms with E-state index in [9.17, 15) is 18.3 Å². The van der Waals surface area contributed by atoms with Gasteiger partial charge in [-0.05, 0) is 37.3 Å². The van der Waals surface area contributed by atoms with Gasteiger partial charge in [-0.3, -0.25) is 4.31 Å². The lowest BCUT2D eigenvalue weighted by Gasteiger charge is -2.25. The molecule has 3 rings (SSSR count). The summed E-state index contributed by atoms with van der Waals surface area (Å²) >= 11 is 0. The molecular weight excluding hydrogens is 330 g/mol. The number of para-hydroxylation sites is 1. The molecule has 1 unspecified atom stereocenters. The van der Waals surface area contributed by atoms with Crippen molar-refractivity contribution < 1.29 is 13.5 Å². The van der Waals surface area contributed by atoms with Crippen LogP contribution in [0.15, 0.2) is 58.2 Å². The number of hydrogen-bond acceptors (Lipinski definition) is 4. The summed E-state index contributed by atoms with van der Waals surface area (Å²) in [6, 6.07) is 12.9. The first kappa shape index (κ1) is 16.3. The van der Waals surface area contributed by atoms with Gasteiger partial charge >= 0.3 is 5.69 Å². The Morgan fingerprint density at radius 2 is 1.75 bits per heavy atom. The number of H-pyrrole nitrogens is 2. The molecule has 3 aromatic rings. The predicted molar refractivity (Wildman–Crippen MR) is 91.6 cm³/mol. The standard InChI is InChI=1S/C16H17N3O4S/c1-11(20)10-19(12-5-3-2-4-6-12)24(22,23)13-7-8-14-15(9-13)18-16(21)17-14/h2-9,11,20H,10H2,1H3,(H2,17,18,21). The molecule has 24 heavy (non-hydrogen) atoms. The number of aliphatic hydroxyl groups excluding tert-OH is 1. The van der Waals surface area contributed by atoms with E-state index in [4.69, 9.17) is 0 Å². The minimum atomic E-state index is -3.89. The molecule has 8 heteroatoms. The topological polar surface area (TPSA) is 106 Å². The quantitative estimate of drug-likeness (QED) is 0.649. The molecule has 2 aromatic carbocycles. The van der Waals surface area contributed by atoms with Crippen LogP contribution in [0.1, 0.15) is 6.92 Å². The van der Waals surface area contributed by atoms with Gasteiger partial charge in [0.2, 0.25) is 0 Å². The highest BCUT2D eigenvalue weighted by Crippen LogP contribution is 2.25. The first-order valence-electron chi connectivity index (χ1n) is 7.36. The van der Waals surface area contributed by atoms with E-state index in [1.165, 1.54) is 25.1 Å². The van der Waals surface area contributed by atoms with E-state index >= 15 is 0 Å². The molecule has 0 saturated carbocycles. The first-order chi connectivity index (χ1) is 11.4. The molecule has 0 spiro atoms. The normalized spacial score (nSPS) is 13.1. The summed E-state index contributed by atoms with van der Waals surface area (Å²) in [6.07, 6.45) is -0.837. The highest BCUT2D eigenvalue weighted by Gasteiger charge is 2.26. The molecule has 1 atom stereocenters.